The zero-order chi connectivity index (χ0) is 15.5. The Morgan fingerprint density at radius 3 is 2.48 bits per heavy atom. The fourth-order valence-electron chi connectivity index (χ4n) is 2.30. The molecule has 0 saturated carbocycles. The van der Waals surface area contributed by atoms with Crippen molar-refractivity contribution in [3.63, 3.8) is 0 Å². The molecule has 0 amide bonds. The minimum atomic E-state index is 0.0157. The van der Waals surface area contributed by atoms with Gasteiger partial charge in [0.25, 0.3) is 0 Å². The van der Waals surface area contributed by atoms with Gasteiger partial charge in [0, 0.05) is 12.6 Å². The summed E-state index contributed by atoms with van der Waals surface area (Å²) >= 11 is 0. The van der Waals surface area contributed by atoms with E-state index < -0.39 is 0 Å². The highest BCUT2D eigenvalue weighted by molar-refractivity contribution is 5.50. The van der Waals surface area contributed by atoms with E-state index in [9.17, 15) is 0 Å². The highest BCUT2D eigenvalue weighted by Crippen LogP contribution is 2.35. The molecule has 2 aromatic rings. The third-order valence-electron chi connectivity index (χ3n) is 3.40. The number of hydrogen-bond acceptors (Lipinski definition) is 4. The van der Waals surface area contributed by atoms with Crippen LogP contribution in [0.25, 0.3) is 0 Å². The molecule has 112 valence electrons. The molecule has 4 nitrogen and oxygen atoms in total. The first-order chi connectivity index (χ1) is 9.97. The molecule has 1 aromatic carbocycles. The van der Waals surface area contributed by atoms with Crippen LogP contribution in [0, 0.1) is 0 Å². The van der Waals surface area contributed by atoms with Crippen LogP contribution in [0.5, 0.6) is 11.6 Å². The van der Waals surface area contributed by atoms with Crippen molar-refractivity contribution in [1.29, 1.82) is 0 Å². The van der Waals surface area contributed by atoms with Gasteiger partial charge in [0.15, 0.2) is 0 Å². The Balaban J connectivity index is 2.44. The van der Waals surface area contributed by atoms with Gasteiger partial charge in [-0.1, -0.05) is 45.9 Å². The first-order valence-electron chi connectivity index (χ1n) is 7.26. The molecule has 0 aliphatic heterocycles. The molecule has 0 aliphatic rings. The highest BCUT2D eigenvalue weighted by atomic mass is 16.5. The van der Waals surface area contributed by atoms with Crippen LogP contribution in [0.4, 0.5) is 5.82 Å². The molecule has 0 bridgehead atoms. The zero-order valence-electron chi connectivity index (χ0n) is 13.4. The van der Waals surface area contributed by atoms with Crippen LogP contribution in [0.1, 0.15) is 38.8 Å². The monoisotopic (exact) mass is 285 g/mol. The molecule has 0 saturated heterocycles. The lowest BCUT2D eigenvalue weighted by molar-refractivity contribution is 0.434. The summed E-state index contributed by atoms with van der Waals surface area (Å²) < 4.78 is 6.11. The Kier molecular flexibility index (Phi) is 4.46. The fraction of sp³-hybridized carbons (Fsp3) is 0.412. The Hall–Kier alpha value is -2.10. The lowest BCUT2D eigenvalue weighted by atomic mass is 9.86. The average molecular weight is 285 g/mol. The number of para-hydroxylation sites is 1. The predicted molar refractivity (Wildman–Crippen MR) is 86.2 cm³/mol. The number of rotatable bonds is 4. The Morgan fingerprint density at radius 1 is 1.14 bits per heavy atom. The van der Waals surface area contributed by atoms with Gasteiger partial charge < -0.3 is 10.1 Å². The van der Waals surface area contributed by atoms with E-state index in [1.54, 1.807) is 0 Å². The quantitative estimate of drug-likeness (QED) is 0.915. The summed E-state index contributed by atoms with van der Waals surface area (Å²) in [5.74, 6) is 2.28. The number of anilines is 1. The second kappa shape index (κ2) is 6.12. The van der Waals surface area contributed by atoms with E-state index in [4.69, 9.17) is 4.74 Å². The van der Waals surface area contributed by atoms with Crippen molar-refractivity contribution in [2.45, 2.75) is 39.5 Å². The second-order valence-electron chi connectivity index (χ2n) is 5.96. The standard InChI is InChI=1S/C17H23N3O/c1-6-12-15(18-5)19-11-20-16(12)21-14-10-8-7-9-13(14)17(2,3)4/h7-11H,6H2,1-5H3,(H,18,19,20). The maximum Gasteiger partial charge on any atom is 0.227 e. The van der Waals surface area contributed by atoms with Crippen LogP contribution in [0.2, 0.25) is 0 Å². The van der Waals surface area contributed by atoms with Crippen LogP contribution >= 0.6 is 0 Å². The molecule has 0 unspecified atom stereocenters. The molecule has 21 heavy (non-hydrogen) atoms. The van der Waals surface area contributed by atoms with E-state index in [1.807, 2.05) is 25.2 Å². The smallest absolute Gasteiger partial charge is 0.227 e. The lowest BCUT2D eigenvalue weighted by Gasteiger charge is -2.22. The van der Waals surface area contributed by atoms with Gasteiger partial charge in [0.1, 0.15) is 17.9 Å². The zero-order valence-corrected chi connectivity index (χ0v) is 13.4. The molecule has 0 aliphatic carbocycles. The molecule has 1 heterocycles. The summed E-state index contributed by atoms with van der Waals surface area (Å²) in [6, 6.07) is 8.10. The van der Waals surface area contributed by atoms with Gasteiger partial charge in [0.2, 0.25) is 5.88 Å². The lowest BCUT2D eigenvalue weighted by Crippen LogP contribution is -2.13. The summed E-state index contributed by atoms with van der Waals surface area (Å²) in [7, 11) is 1.86. The van der Waals surface area contributed by atoms with Crippen molar-refractivity contribution in [2.24, 2.45) is 0 Å². The van der Waals surface area contributed by atoms with Crippen LogP contribution in [0.3, 0.4) is 0 Å². The molecule has 0 radical (unpaired) electrons. The van der Waals surface area contributed by atoms with Crippen LogP contribution < -0.4 is 10.1 Å². The maximum absolute atomic E-state index is 6.11. The van der Waals surface area contributed by atoms with Gasteiger partial charge in [-0.15, -0.1) is 0 Å². The number of aromatic nitrogens is 2. The summed E-state index contributed by atoms with van der Waals surface area (Å²) in [5.41, 5.74) is 2.17. The van der Waals surface area contributed by atoms with Crippen LogP contribution in [0.15, 0.2) is 30.6 Å². The number of ether oxygens (including phenoxy) is 1. The van der Waals surface area contributed by atoms with Gasteiger partial charge in [-0.2, -0.15) is 0 Å². The van der Waals surface area contributed by atoms with E-state index in [2.05, 4.69) is 49.0 Å². The Labute approximate surface area is 126 Å². The normalized spacial score (nSPS) is 11.3. The minimum absolute atomic E-state index is 0.0157. The van der Waals surface area contributed by atoms with Crippen molar-refractivity contribution >= 4 is 5.82 Å². The summed E-state index contributed by atoms with van der Waals surface area (Å²) in [5, 5.41) is 3.09. The SMILES string of the molecule is CCc1c(NC)ncnc1Oc1ccccc1C(C)(C)C. The molecule has 2 rings (SSSR count). The Morgan fingerprint density at radius 2 is 1.86 bits per heavy atom. The van der Waals surface area contributed by atoms with Gasteiger partial charge in [-0.05, 0) is 17.9 Å². The van der Waals surface area contributed by atoms with Crippen LogP contribution in [-0.2, 0) is 11.8 Å². The summed E-state index contributed by atoms with van der Waals surface area (Å²) in [6.45, 7) is 8.60. The fourth-order valence-corrected chi connectivity index (χ4v) is 2.30. The van der Waals surface area contributed by atoms with Gasteiger partial charge in [-0.25, -0.2) is 9.97 Å². The van der Waals surface area contributed by atoms with Crippen molar-refractivity contribution in [3.8, 4) is 11.6 Å². The largest absolute Gasteiger partial charge is 0.438 e. The van der Waals surface area contributed by atoms with Crippen molar-refractivity contribution < 1.29 is 4.74 Å². The van der Waals surface area contributed by atoms with Crippen molar-refractivity contribution in [3.05, 3.63) is 41.7 Å². The third kappa shape index (κ3) is 3.32. The molecule has 0 atom stereocenters. The number of hydrogen-bond donors (Lipinski definition) is 1. The molecule has 0 fully saturated rings. The van der Waals surface area contributed by atoms with Gasteiger partial charge in [-0.3, -0.25) is 0 Å². The molecule has 1 N–H and O–H groups in total. The van der Waals surface area contributed by atoms with E-state index in [1.165, 1.54) is 6.33 Å². The number of nitrogens with one attached hydrogen (secondary N) is 1. The molecular weight excluding hydrogens is 262 g/mol. The topological polar surface area (TPSA) is 47.0 Å². The molecular formula is C17H23N3O. The summed E-state index contributed by atoms with van der Waals surface area (Å²) in [4.78, 5) is 8.54. The number of benzene rings is 1. The van der Waals surface area contributed by atoms with Crippen molar-refractivity contribution in [1.82, 2.24) is 9.97 Å². The average Bonchev–Trinajstić information content (AvgIpc) is 2.46. The molecule has 0 spiro atoms. The highest BCUT2D eigenvalue weighted by Gasteiger charge is 2.20. The third-order valence-corrected chi connectivity index (χ3v) is 3.40. The first kappa shape index (κ1) is 15.3. The van der Waals surface area contributed by atoms with Gasteiger partial charge >= 0.3 is 0 Å². The first-order valence-corrected chi connectivity index (χ1v) is 7.26. The second-order valence-corrected chi connectivity index (χ2v) is 5.96. The number of nitrogens with zero attached hydrogens (tertiary/aromatic N) is 2. The van der Waals surface area contributed by atoms with Crippen LogP contribution in [-0.4, -0.2) is 17.0 Å². The van der Waals surface area contributed by atoms with E-state index in [0.29, 0.717) is 5.88 Å². The molecule has 4 heteroatoms. The van der Waals surface area contributed by atoms with Crippen molar-refractivity contribution in [2.75, 3.05) is 12.4 Å². The summed E-state index contributed by atoms with van der Waals surface area (Å²) in [6.07, 6.45) is 2.34. The van der Waals surface area contributed by atoms with E-state index in [0.717, 1.165) is 29.1 Å². The maximum atomic E-state index is 6.11. The Bertz CT molecular complexity index is 618. The predicted octanol–water partition coefficient (Wildman–Crippen LogP) is 4.17. The van der Waals surface area contributed by atoms with Gasteiger partial charge in [0.05, 0.1) is 5.56 Å². The van der Waals surface area contributed by atoms with E-state index >= 15 is 0 Å². The van der Waals surface area contributed by atoms with E-state index in [-0.39, 0.29) is 5.41 Å². The molecule has 1 aromatic heterocycles. The minimum Gasteiger partial charge on any atom is -0.438 e.